The molecular formula is C16H20BrF2NO. The van der Waals surface area contributed by atoms with Crippen molar-refractivity contribution < 1.29 is 13.5 Å². The summed E-state index contributed by atoms with van der Waals surface area (Å²) in [4.78, 5) is 0. The molecule has 2 fully saturated rings. The Labute approximate surface area is 132 Å². The molecular weight excluding hydrogens is 340 g/mol. The molecule has 1 aliphatic heterocycles. The number of hydrogen-bond donors (Lipinski definition) is 1. The first kappa shape index (κ1) is 15.4. The third-order valence-corrected chi connectivity index (χ3v) is 5.36. The highest BCUT2D eigenvalue weighted by atomic mass is 79.9. The Bertz CT molecular complexity index is 535. The van der Waals surface area contributed by atoms with Crippen molar-refractivity contribution in [3.63, 3.8) is 0 Å². The topological polar surface area (TPSA) is 21.3 Å². The van der Waals surface area contributed by atoms with Crippen LogP contribution in [0.3, 0.4) is 0 Å². The zero-order chi connectivity index (χ0) is 15.0. The third kappa shape index (κ3) is 2.88. The Kier molecular flexibility index (Phi) is 4.35. The molecule has 1 saturated carbocycles. The second-order valence-corrected chi connectivity index (χ2v) is 7.12. The molecule has 3 rings (SSSR count). The SMILES string of the molecule is CNCC1(Cc2c(F)ccc(Br)c2F)CCOC1C1CC1. The standard InChI is InChI=1S/C16H20BrF2NO/c1-20-9-16(6-7-21-15(16)10-2-3-10)8-11-13(18)5-4-12(17)14(11)19/h4-5,10,15,20H,2-3,6-9H2,1H3. The largest absolute Gasteiger partial charge is 0.377 e. The van der Waals surface area contributed by atoms with Crippen LogP contribution in [0.25, 0.3) is 0 Å². The van der Waals surface area contributed by atoms with Crippen LogP contribution in [0, 0.1) is 23.0 Å². The average molecular weight is 360 g/mol. The van der Waals surface area contributed by atoms with Crippen molar-refractivity contribution in [2.45, 2.75) is 31.8 Å². The van der Waals surface area contributed by atoms with Crippen molar-refractivity contribution in [3.05, 3.63) is 33.8 Å². The van der Waals surface area contributed by atoms with Gasteiger partial charge in [0.1, 0.15) is 11.6 Å². The molecule has 116 valence electrons. The lowest BCUT2D eigenvalue weighted by Crippen LogP contribution is -2.43. The van der Waals surface area contributed by atoms with Crippen LogP contribution in [0.1, 0.15) is 24.8 Å². The van der Waals surface area contributed by atoms with Gasteiger partial charge >= 0.3 is 0 Å². The summed E-state index contributed by atoms with van der Waals surface area (Å²) < 4.78 is 34.7. The lowest BCUT2D eigenvalue weighted by molar-refractivity contribution is 0.0307. The lowest BCUT2D eigenvalue weighted by Gasteiger charge is -2.34. The van der Waals surface area contributed by atoms with Crippen molar-refractivity contribution in [1.82, 2.24) is 5.32 Å². The Balaban J connectivity index is 1.94. The van der Waals surface area contributed by atoms with Crippen molar-refractivity contribution >= 4 is 15.9 Å². The Morgan fingerprint density at radius 2 is 2.14 bits per heavy atom. The number of hydrogen-bond acceptors (Lipinski definition) is 2. The van der Waals surface area contributed by atoms with E-state index in [1.807, 2.05) is 7.05 Å². The fourth-order valence-corrected chi connectivity index (χ4v) is 3.99. The molecule has 1 heterocycles. The number of rotatable bonds is 5. The van der Waals surface area contributed by atoms with E-state index in [1.54, 1.807) is 0 Å². The molecule has 1 aliphatic carbocycles. The van der Waals surface area contributed by atoms with Gasteiger partial charge in [0.15, 0.2) is 0 Å². The molecule has 5 heteroatoms. The van der Waals surface area contributed by atoms with E-state index in [4.69, 9.17) is 4.74 Å². The van der Waals surface area contributed by atoms with E-state index in [0.717, 1.165) is 13.0 Å². The number of halogens is 3. The summed E-state index contributed by atoms with van der Waals surface area (Å²) in [6.45, 7) is 1.40. The molecule has 1 aromatic carbocycles. The van der Waals surface area contributed by atoms with Gasteiger partial charge in [-0.05, 0) is 66.7 Å². The zero-order valence-corrected chi connectivity index (χ0v) is 13.7. The third-order valence-electron chi connectivity index (χ3n) is 4.75. The fraction of sp³-hybridized carbons (Fsp3) is 0.625. The van der Waals surface area contributed by atoms with Gasteiger partial charge in [-0.15, -0.1) is 0 Å². The van der Waals surface area contributed by atoms with E-state index >= 15 is 0 Å². The fourth-order valence-electron chi connectivity index (χ4n) is 3.62. The molecule has 0 amide bonds. The van der Waals surface area contributed by atoms with Gasteiger partial charge in [0.2, 0.25) is 0 Å². The molecule has 2 atom stereocenters. The van der Waals surface area contributed by atoms with Crippen LogP contribution in [0.2, 0.25) is 0 Å². The predicted octanol–water partition coefficient (Wildman–Crippen LogP) is 3.67. The molecule has 21 heavy (non-hydrogen) atoms. The van der Waals surface area contributed by atoms with Gasteiger partial charge < -0.3 is 10.1 Å². The molecule has 2 nitrogen and oxygen atoms in total. The lowest BCUT2D eigenvalue weighted by atomic mass is 9.74. The summed E-state index contributed by atoms with van der Waals surface area (Å²) in [5.41, 5.74) is -0.0333. The van der Waals surface area contributed by atoms with E-state index in [9.17, 15) is 8.78 Å². The monoisotopic (exact) mass is 359 g/mol. The van der Waals surface area contributed by atoms with Crippen LogP contribution in [0.4, 0.5) is 8.78 Å². The van der Waals surface area contributed by atoms with E-state index in [-0.39, 0.29) is 17.1 Å². The van der Waals surface area contributed by atoms with E-state index in [2.05, 4.69) is 21.2 Å². The van der Waals surface area contributed by atoms with E-state index in [1.165, 1.54) is 25.0 Å². The smallest absolute Gasteiger partial charge is 0.143 e. The summed E-state index contributed by atoms with van der Waals surface area (Å²) in [6.07, 6.45) is 3.67. The van der Waals surface area contributed by atoms with E-state index < -0.39 is 11.6 Å². The van der Waals surface area contributed by atoms with Gasteiger partial charge in [-0.3, -0.25) is 0 Å². The first-order valence-electron chi connectivity index (χ1n) is 7.46. The molecule has 2 unspecified atom stereocenters. The van der Waals surface area contributed by atoms with Gasteiger partial charge in [0.05, 0.1) is 10.6 Å². The van der Waals surface area contributed by atoms with Crippen LogP contribution in [-0.2, 0) is 11.2 Å². The van der Waals surface area contributed by atoms with Gasteiger partial charge in [-0.2, -0.15) is 0 Å². The predicted molar refractivity (Wildman–Crippen MR) is 81.2 cm³/mol. The molecule has 1 N–H and O–H groups in total. The Morgan fingerprint density at radius 3 is 2.81 bits per heavy atom. The minimum atomic E-state index is -0.480. The maximum absolute atomic E-state index is 14.3. The second kappa shape index (κ2) is 5.94. The summed E-state index contributed by atoms with van der Waals surface area (Å²) in [5.74, 6) is -0.390. The van der Waals surface area contributed by atoms with Crippen LogP contribution >= 0.6 is 15.9 Å². The van der Waals surface area contributed by atoms with Crippen molar-refractivity contribution in [2.75, 3.05) is 20.2 Å². The minimum Gasteiger partial charge on any atom is -0.377 e. The normalized spacial score (nSPS) is 29.0. The number of benzene rings is 1. The maximum atomic E-state index is 14.3. The maximum Gasteiger partial charge on any atom is 0.143 e. The molecule has 0 radical (unpaired) electrons. The first-order valence-corrected chi connectivity index (χ1v) is 8.25. The van der Waals surface area contributed by atoms with Crippen molar-refractivity contribution in [3.8, 4) is 0 Å². The van der Waals surface area contributed by atoms with Crippen LogP contribution in [0.15, 0.2) is 16.6 Å². The summed E-state index contributed by atoms with van der Waals surface area (Å²) >= 11 is 3.15. The summed E-state index contributed by atoms with van der Waals surface area (Å²) in [6, 6.07) is 2.75. The van der Waals surface area contributed by atoms with Crippen molar-refractivity contribution in [2.24, 2.45) is 11.3 Å². The average Bonchev–Trinajstić information content (AvgIpc) is 3.22. The van der Waals surface area contributed by atoms with Crippen molar-refractivity contribution in [1.29, 1.82) is 0 Å². The van der Waals surface area contributed by atoms with Crippen LogP contribution < -0.4 is 5.32 Å². The highest BCUT2D eigenvalue weighted by Crippen LogP contribution is 2.49. The molecule has 1 aromatic rings. The molecule has 2 aliphatic rings. The minimum absolute atomic E-state index is 0.114. The number of ether oxygens (including phenoxy) is 1. The summed E-state index contributed by atoms with van der Waals surface area (Å²) in [7, 11) is 1.89. The molecule has 0 aromatic heterocycles. The molecule has 0 bridgehead atoms. The summed E-state index contributed by atoms with van der Waals surface area (Å²) in [5, 5.41) is 3.20. The zero-order valence-electron chi connectivity index (χ0n) is 12.1. The van der Waals surface area contributed by atoms with Gasteiger partial charge in [0.25, 0.3) is 0 Å². The van der Waals surface area contributed by atoms with E-state index in [0.29, 0.717) is 23.4 Å². The molecule has 1 saturated heterocycles. The highest BCUT2D eigenvalue weighted by molar-refractivity contribution is 9.10. The highest BCUT2D eigenvalue weighted by Gasteiger charge is 2.51. The molecule has 0 spiro atoms. The van der Waals surface area contributed by atoms with Gasteiger partial charge in [-0.1, -0.05) is 0 Å². The Morgan fingerprint density at radius 1 is 1.38 bits per heavy atom. The quantitative estimate of drug-likeness (QED) is 0.809. The first-order chi connectivity index (χ1) is 10.1. The number of nitrogens with one attached hydrogen (secondary N) is 1. The van der Waals surface area contributed by atoms with Gasteiger partial charge in [-0.25, -0.2) is 8.78 Å². The van der Waals surface area contributed by atoms with Gasteiger partial charge in [0, 0.05) is 24.1 Å². The second-order valence-electron chi connectivity index (χ2n) is 6.27. The van der Waals surface area contributed by atoms with Crippen LogP contribution in [0.5, 0.6) is 0 Å². The van der Waals surface area contributed by atoms with Crippen LogP contribution in [-0.4, -0.2) is 26.3 Å². The Hall–Kier alpha value is -0.520.